The second kappa shape index (κ2) is 6.88. The summed E-state index contributed by atoms with van der Waals surface area (Å²) in [5.41, 5.74) is 5.61. The zero-order valence-electron chi connectivity index (χ0n) is 12.1. The van der Waals surface area contributed by atoms with Crippen molar-refractivity contribution >= 4 is 11.3 Å². The molecule has 1 aromatic heterocycles. The SMILES string of the molecule is CCNC(Cc1ccsc1)Cc1cc(C)cc(C)c1. The Morgan fingerprint density at radius 3 is 2.32 bits per heavy atom. The Balaban J connectivity index is 2.07. The van der Waals surface area contributed by atoms with Crippen LogP contribution in [0.15, 0.2) is 35.0 Å². The minimum absolute atomic E-state index is 0.529. The van der Waals surface area contributed by atoms with Crippen LogP contribution in [0.5, 0.6) is 0 Å². The Bertz CT molecular complexity index is 482. The van der Waals surface area contributed by atoms with Crippen LogP contribution in [0.3, 0.4) is 0 Å². The Morgan fingerprint density at radius 2 is 1.74 bits per heavy atom. The highest BCUT2D eigenvalue weighted by atomic mass is 32.1. The Morgan fingerprint density at radius 1 is 1.05 bits per heavy atom. The van der Waals surface area contributed by atoms with Gasteiger partial charge in [0.25, 0.3) is 0 Å². The van der Waals surface area contributed by atoms with Crippen LogP contribution in [-0.4, -0.2) is 12.6 Å². The lowest BCUT2D eigenvalue weighted by Gasteiger charge is -2.18. The van der Waals surface area contributed by atoms with Crippen LogP contribution in [0, 0.1) is 13.8 Å². The zero-order valence-corrected chi connectivity index (χ0v) is 12.9. The molecule has 2 heteroatoms. The van der Waals surface area contributed by atoms with Crippen LogP contribution >= 0.6 is 11.3 Å². The van der Waals surface area contributed by atoms with Crippen molar-refractivity contribution in [2.75, 3.05) is 6.54 Å². The Hall–Kier alpha value is -1.12. The van der Waals surface area contributed by atoms with E-state index in [2.05, 4.69) is 61.1 Å². The highest BCUT2D eigenvalue weighted by Crippen LogP contribution is 2.14. The Labute approximate surface area is 120 Å². The molecule has 1 heterocycles. The minimum atomic E-state index is 0.529. The van der Waals surface area contributed by atoms with Gasteiger partial charge in [0.1, 0.15) is 0 Å². The first-order valence-electron chi connectivity index (χ1n) is 6.99. The van der Waals surface area contributed by atoms with E-state index in [-0.39, 0.29) is 0 Å². The maximum Gasteiger partial charge on any atom is 0.0148 e. The maximum atomic E-state index is 3.61. The van der Waals surface area contributed by atoms with E-state index in [0.29, 0.717) is 6.04 Å². The normalized spacial score (nSPS) is 12.6. The van der Waals surface area contributed by atoms with Gasteiger partial charge in [-0.05, 0) is 61.2 Å². The van der Waals surface area contributed by atoms with E-state index in [1.54, 1.807) is 11.3 Å². The van der Waals surface area contributed by atoms with Gasteiger partial charge in [-0.3, -0.25) is 0 Å². The molecule has 0 amide bonds. The Kier molecular flexibility index (Phi) is 5.17. The monoisotopic (exact) mass is 273 g/mol. The van der Waals surface area contributed by atoms with Crippen LogP contribution in [0.4, 0.5) is 0 Å². The molecule has 0 aliphatic heterocycles. The maximum absolute atomic E-state index is 3.61. The average molecular weight is 273 g/mol. The van der Waals surface area contributed by atoms with E-state index in [9.17, 15) is 0 Å². The number of aryl methyl sites for hydroxylation is 2. The predicted octanol–water partition coefficient (Wildman–Crippen LogP) is 4.13. The summed E-state index contributed by atoms with van der Waals surface area (Å²) in [6.07, 6.45) is 2.22. The van der Waals surface area contributed by atoms with E-state index < -0.39 is 0 Å². The van der Waals surface area contributed by atoms with E-state index in [4.69, 9.17) is 0 Å². The lowest BCUT2D eigenvalue weighted by Crippen LogP contribution is -2.33. The first-order chi connectivity index (χ1) is 9.17. The fourth-order valence-electron chi connectivity index (χ4n) is 2.67. The summed E-state index contributed by atoms with van der Waals surface area (Å²) in [4.78, 5) is 0. The van der Waals surface area contributed by atoms with Gasteiger partial charge in [-0.15, -0.1) is 0 Å². The molecule has 1 atom stereocenters. The molecule has 1 unspecified atom stereocenters. The van der Waals surface area contributed by atoms with Gasteiger partial charge in [-0.25, -0.2) is 0 Å². The zero-order chi connectivity index (χ0) is 13.7. The molecule has 0 saturated carbocycles. The molecule has 102 valence electrons. The summed E-state index contributed by atoms with van der Waals surface area (Å²) >= 11 is 1.78. The van der Waals surface area contributed by atoms with E-state index in [0.717, 1.165) is 19.4 Å². The summed E-state index contributed by atoms with van der Waals surface area (Å²) in [5.74, 6) is 0. The van der Waals surface area contributed by atoms with Crippen LogP contribution in [0.2, 0.25) is 0 Å². The molecule has 1 N–H and O–H groups in total. The quantitative estimate of drug-likeness (QED) is 0.834. The van der Waals surface area contributed by atoms with Crippen molar-refractivity contribution in [3.8, 4) is 0 Å². The molecule has 0 fully saturated rings. The predicted molar refractivity (Wildman–Crippen MR) is 85.1 cm³/mol. The molecule has 0 bridgehead atoms. The first kappa shape index (κ1) is 14.3. The molecule has 0 saturated heterocycles. The summed E-state index contributed by atoms with van der Waals surface area (Å²) in [5, 5.41) is 8.03. The molecule has 0 radical (unpaired) electrons. The smallest absolute Gasteiger partial charge is 0.0148 e. The largest absolute Gasteiger partial charge is 0.314 e. The van der Waals surface area contributed by atoms with Gasteiger partial charge in [0.2, 0.25) is 0 Å². The number of likely N-dealkylation sites (N-methyl/N-ethyl adjacent to an activating group) is 1. The number of benzene rings is 1. The number of hydrogen-bond donors (Lipinski definition) is 1. The third-order valence-corrected chi connectivity index (χ3v) is 4.05. The van der Waals surface area contributed by atoms with E-state index in [1.807, 2.05) is 0 Å². The van der Waals surface area contributed by atoms with E-state index in [1.165, 1.54) is 22.3 Å². The molecule has 2 aromatic rings. The fraction of sp³-hybridized carbons (Fsp3) is 0.412. The molecule has 1 nitrogen and oxygen atoms in total. The number of hydrogen-bond acceptors (Lipinski definition) is 2. The standard InChI is InChI=1S/C17H23NS/c1-4-18-17(10-15-5-6-19-12-15)11-16-8-13(2)7-14(3)9-16/h5-9,12,17-18H,4,10-11H2,1-3H3. The molecular formula is C17H23NS. The van der Waals surface area contributed by atoms with Gasteiger partial charge in [-0.1, -0.05) is 36.2 Å². The molecule has 19 heavy (non-hydrogen) atoms. The van der Waals surface area contributed by atoms with Crippen molar-refractivity contribution in [3.05, 3.63) is 57.3 Å². The summed E-state index contributed by atoms with van der Waals surface area (Å²) in [7, 11) is 0. The first-order valence-corrected chi connectivity index (χ1v) is 7.93. The topological polar surface area (TPSA) is 12.0 Å². The number of nitrogens with one attached hydrogen (secondary N) is 1. The van der Waals surface area contributed by atoms with Crippen LogP contribution in [0.1, 0.15) is 29.2 Å². The lowest BCUT2D eigenvalue weighted by molar-refractivity contribution is 0.522. The van der Waals surface area contributed by atoms with E-state index >= 15 is 0 Å². The average Bonchev–Trinajstić information content (AvgIpc) is 2.80. The minimum Gasteiger partial charge on any atom is -0.314 e. The fourth-order valence-corrected chi connectivity index (χ4v) is 3.35. The lowest BCUT2D eigenvalue weighted by atomic mass is 9.97. The van der Waals surface area contributed by atoms with Crippen LogP contribution in [-0.2, 0) is 12.8 Å². The molecule has 0 spiro atoms. The van der Waals surface area contributed by atoms with Gasteiger partial charge < -0.3 is 5.32 Å². The number of rotatable bonds is 6. The summed E-state index contributed by atoms with van der Waals surface area (Å²) < 4.78 is 0. The highest BCUT2D eigenvalue weighted by Gasteiger charge is 2.10. The summed E-state index contributed by atoms with van der Waals surface area (Å²) in [6.45, 7) is 7.57. The van der Waals surface area contributed by atoms with Crippen molar-refractivity contribution in [2.45, 2.75) is 39.7 Å². The van der Waals surface area contributed by atoms with Crippen molar-refractivity contribution < 1.29 is 0 Å². The van der Waals surface area contributed by atoms with Gasteiger partial charge in [0.15, 0.2) is 0 Å². The second-order valence-electron chi connectivity index (χ2n) is 5.29. The van der Waals surface area contributed by atoms with Gasteiger partial charge in [-0.2, -0.15) is 11.3 Å². The second-order valence-corrected chi connectivity index (χ2v) is 6.07. The van der Waals surface area contributed by atoms with Crippen LogP contribution < -0.4 is 5.32 Å². The van der Waals surface area contributed by atoms with Gasteiger partial charge in [0.05, 0.1) is 0 Å². The molecule has 2 rings (SSSR count). The molecular weight excluding hydrogens is 250 g/mol. The van der Waals surface area contributed by atoms with Crippen molar-refractivity contribution in [3.63, 3.8) is 0 Å². The van der Waals surface area contributed by atoms with Gasteiger partial charge in [0, 0.05) is 6.04 Å². The van der Waals surface area contributed by atoms with Crippen molar-refractivity contribution in [1.29, 1.82) is 0 Å². The molecule has 0 aliphatic carbocycles. The van der Waals surface area contributed by atoms with Crippen molar-refractivity contribution in [1.82, 2.24) is 5.32 Å². The van der Waals surface area contributed by atoms with Crippen molar-refractivity contribution in [2.24, 2.45) is 0 Å². The van der Waals surface area contributed by atoms with Gasteiger partial charge >= 0.3 is 0 Å². The third kappa shape index (κ3) is 4.48. The molecule has 0 aliphatic rings. The third-order valence-electron chi connectivity index (χ3n) is 3.32. The highest BCUT2D eigenvalue weighted by molar-refractivity contribution is 7.07. The van der Waals surface area contributed by atoms with Crippen LogP contribution in [0.25, 0.3) is 0 Å². The number of thiophene rings is 1. The summed E-state index contributed by atoms with van der Waals surface area (Å²) in [6, 6.07) is 9.62. The molecule has 1 aromatic carbocycles.